The van der Waals surface area contributed by atoms with E-state index in [1.807, 2.05) is 0 Å². The second kappa shape index (κ2) is 16.0. The Hall–Kier alpha value is -4.76. The van der Waals surface area contributed by atoms with Crippen molar-refractivity contribution >= 4 is 35.3 Å². The quantitative estimate of drug-likeness (QED) is 0.107. The predicted molar refractivity (Wildman–Crippen MR) is 123 cm³/mol. The lowest BCUT2D eigenvalue weighted by molar-refractivity contribution is -0.384. The number of carbonyl (C=O) groups is 5. The van der Waals surface area contributed by atoms with E-state index in [0.717, 1.165) is 5.56 Å². The van der Waals surface area contributed by atoms with Crippen LogP contribution in [0.5, 0.6) is 0 Å². The van der Waals surface area contributed by atoms with Crippen molar-refractivity contribution in [1.82, 2.24) is 0 Å². The molecule has 2 atom stereocenters. The van der Waals surface area contributed by atoms with Crippen LogP contribution in [0.15, 0.2) is 48.5 Å². The van der Waals surface area contributed by atoms with Crippen LogP contribution in [0.3, 0.4) is 0 Å². The zero-order valence-corrected chi connectivity index (χ0v) is 19.0. The molecule has 0 aliphatic heterocycles. The van der Waals surface area contributed by atoms with Crippen LogP contribution < -0.4 is 11.5 Å². The topological polar surface area (TPSA) is 261 Å². The molecule has 2 aromatic rings. The minimum Gasteiger partial charge on any atom is -0.481 e. The zero-order chi connectivity index (χ0) is 28.7. The number of Topliss-reactive ketones (excluding diaryl/α,β-unsaturated/α-hetero) is 1. The molecule has 14 nitrogen and oxygen atoms in total. The van der Waals surface area contributed by atoms with Crippen LogP contribution in [0.1, 0.15) is 17.5 Å². The first kappa shape index (κ1) is 32.2. The number of hydrogen-bond acceptors (Lipinski definition) is 9. The summed E-state index contributed by atoms with van der Waals surface area (Å²) in [5, 5.41) is 43.2. The maximum atomic E-state index is 12.4. The van der Waals surface area contributed by atoms with E-state index in [1.54, 1.807) is 6.07 Å². The summed E-state index contributed by atoms with van der Waals surface area (Å²) >= 11 is 0. The number of hydrogen-bond donors (Lipinski definition) is 6. The molecular formula is C22H24FN3O11. The van der Waals surface area contributed by atoms with Crippen molar-refractivity contribution < 1.29 is 53.7 Å². The molecule has 0 aliphatic rings. The molecule has 0 bridgehead atoms. The molecule has 2 rings (SSSR count). The highest BCUT2D eigenvalue weighted by Crippen LogP contribution is 2.14. The summed E-state index contributed by atoms with van der Waals surface area (Å²) in [5.74, 6) is -6.96. The first-order valence-electron chi connectivity index (χ1n) is 10.1. The van der Waals surface area contributed by atoms with Gasteiger partial charge >= 0.3 is 23.9 Å². The van der Waals surface area contributed by atoms with Gasteiger partial charge in [-0.15, -0.1) is 0 Å². The number of nitro groups is 1. The highest BCUT2D eigenvalue weighted by Gasteiger charge is 2.15. The molecule has 37 heavy (non-hydrogen) atoms. The minimum atomic E-state index is -1.71. The summed E-state index contributed by atoms with van der Waals surface area (Å²) in [6, 6.07) is 9.43. The number of carbonyl (C=O) groups excluding carboxylic acids is 1. The maximum Gasteiger partial charge on any atom is 0.372 e. The number of carboxylic acids is 4. The Kier molecular flexibility index (Phi) is 14.0. The second-order valence-electron chi connectivity index (χ2n) is 7.15. The number of halogens is 1. The van der Waals surface area contributed by atoms with E-state index >= 15 is 0 Å². The average Bonchev–Trinajstić information content (AvgIpc) is 2.81. The zero-order valence-electron chi connectivity index (χ0n) is 19.0. The van der Waals surface area contributed by atoms with E-state index in [0.29, 0.717) is 5.56 Å². The Balaban J connectivity index is 0.000000543. The van der Waals surface area contributed by atoms with Crippen LogP contribution >= 0.6 is 0 Å². The summed E-state index contributed by atoms with van der Waals surface area (Å²) in [4.78, 5) is 60.0. The largest absolute Gasteiger partial charge is 0.481 e. The number of non-ortho nitro benzene ring substituents is 1. The number of benzene rings is 2. The molecule has 200 valence electrons. The van der Waals surface area contributed by atoms with Crippen molar-refractivity contribution in [2.45, 2.75) is 31.3 Å². The Labute approximate surface area is 208 Å². The summed E-state index contributed by atoms with van der Waals surface area (Å²) in [7, 11) is 0. The van der Waals surface area contributed by atoms with E-state index in [-0.39, 0.29) is 24.3 Å². The third kappa shape index (κ3) is 14.3. The molecule has 0 aliphatic carbocycles. The Morgan fingerprint density at radius 3 is 1.70 bits per heavy atom. The molecule has 2 aromatic carbocycles. The van der Waals surface area contributed by atoms with Crippen LogP contribution in [-0.2, 0) is 36.8 Å². The molecule has 0 heterocycles. The van der Waals surface area contributed by atoms with Crippen LogP contribution in [0.4, 0.5) is 10.1 Å². The van der Waals surface area contributed by atoms with Gasteiger partial charge in [0.1, 0.15) is 24.3 Å². The number of nitro benzene ring substituents is 1. The molecule has 0 aromatic heterocycles. The molecule has 8 N–H and O–H groups in total. The van der Waals surface area contributed by atoms with E-state index in [1.165, 1.54) is 42.5 Å². The fraction of sp³-hybridized carbons (Fsp3) is 0.227. The fourth-order valence-electron chi connectivity index (χ4n) is 2.31. The molecule has 15 heteroatoms. The summed E-state index contributed by atoms with van der Waals surface area (Å²) in [6.07, 6.45) is -0.651. The smallest absolute Gasteiger partial charge is 0.372 e. The number of rotatable bonds is 10. The number of nitrogens with zero attached hydrogens (tertiary/aromatic N) is 1. The van der Waals surface area contributed by atoms with Crippen molar-refractivity contribution in [3.8, 4) is 0 Å². The van der Waals surface area contributed by atoms with Gasteiger partial charge in [0.15, 0.2) is 0 Å². The van der Waals surface area contributed by atoms with Gasteiger partial charge in [0.05, 0.1) is 4.92 Å². The Morgan fingerprint density at radius 2 is 1.32 bits per heavy atom. The van der Waals surface area contributed by atoms with Crippen molar-refractivity contribution in [3.05, 3.63) is 75.6 Å². The van der Waals surface area contributed by atoms with Gasteiger partial charge in [-0.1, -0.05) is 24.3 Å². The van der Waals surface area contributed by atoms with E-state index in [9.17, 15) is 38.5 Å². The predicted octanol–water partition coefficient (Wildman–Crippen LogP) is 0.444. The van der Waals surface area contributed by atoms with Gasteiger partial charge in [0.25, 0.3) is 11.5 Å². The SMILES string of the molecule is N[C@@H](Cc1ccc(F)cc1)C(=O)O.N[C@@H](Cc1cccc([N+](=O)[O-])c1)C(=O)O.O=C(O)CC(=O)C(=O)O. The third-order valence-corrected chi connectivity index (χ3v) is 4.13. The summed E-state index contributed by atoms with van der Waals surface area (Å²) < 4.78 is 12.4. The molecule has 0 radical (unpaired) electrons. The Morgan fingerprint density at radius 1 is 0.838 bits per heavy atom. The average molecular weight is 525 g/mol. The second-order valence-corrected chi connectivity index (χ2v) is 7.15. The highest BCUT2D eigenvalue weighted by atomic mass is 19.1. The maximum absolute atomic E-state index is 12.4. The molecule has 0 saturated heterocycles. The van der Waals surface area contributed by atoms with Gasteiger partial charge in [-0.2, -0.15) is 0 Å². The van der Waals surface area contributed by atoms with Crippen molar-refractivity contribution in [3.63, 3.8) is 0 Å². The molecule has 0 spiro atoms. The van der Waals surface area contributed by atoms with Crippen LogP contribution in [-0.4, -0.2) is 67.1 Å². The first-order chi connectivity index (χ1) is 17.1. The van der Waals surface area contributed by atoms with Gasteiger partial charge in [0.2, 0.25) is 0 Å². The normalized spacial score (nSPS) is 11.3. The van der Waals surface area contributed by atoms with E-state index in [2.05, 4.69) is 0 Å². The molecule has 0 unspecified atom stereocenters. The fourth-order valence-corrected chi connectivity index (χ4v) is 2.31. The lowest BCUT2D eigenvalue weighted by Gasteiger charge is -2.05. The molecule has 0 saturated carbocycles. The third-order valence-electron chi connectivity index (χ3n) is 4.13. The number of aliphatic carboxylic acids is 4. The van der Waals surface area contributed by atoms with Crippen molar-refractivity contribution in [2.24, 2.45) is 11.5 Å². The number of nitrogens with two attached hydrogens (primary N) is 2. The van der Waals surface area contributed by atoms with Gasteiger partial charge in [-0.3, -0.25) is 29.3 Å². The van der Waals surface area contributed by atoms with Crippen LogP contribution in [0.25, 0.3) is 0 Å². The first-order valence-corrected chi connectivity index (χ1v) is 10.1. The van der Waals surface area contributed by atoms with Gasteiger partial charge in [-0.05, 0) is 36.1 Å². The highest BCUT2D eigenvalue weighted by molar-refractivity contribution is 6.35. The summed E-state index contributed by atoms with van der Waals surface area (Å²) in [6.45, 7) is 0. The van der Waals surface area contributed by atoms with Crippen LogP contribution in [0.2, 0.25) is 0 Å². The lowest BCUT2D eigenvalue weighted by Crippen LogP contribution is -2.32. The number of ketones is 1. The lowest BCUT2D eigenvalue weighted by atomic mass is 10.1. The standard InChI is InChI=1S/C9H10FNO2.C9H10N2O4.C4H4O5/c10-7-3-1-6(2-4-7)5-8(11)9(12)13;10-8(9(12)13)5-6-2-1-3-7(4-6)11(14)15;5-2(4(8)9)1-3(6)7/h1-4,8H,5,11H2,(H,12,13);1-4,8H,5,10H2,(H,12,13);1H2,(H,6,7)(H,8,9)/t2*8-;/m00./s1. The Bertz CT molecular complexity index is 1120. The molecular weight excluding hydrogens is 501 g/mol. The monoisotopic (exact) mass is 525 g/mol. The van der Waals surface area contributed by atoms with Gasteiger partial charge in [0, 0.05) is 12.1 Å². The van der Waals surface area contributed by atoms with Crippen LogP contribution in [0, 0.1) is 15.9 Å². The van der Waals surface area contributed by atoms with E-state index < -0.39 is 53.1 Å². The molecule has 0 fully saturated rings. The van der Waals surface area contributed by atoms with Gasteiger partial charge in [-0.25, -0.2) is 9.18 Å². The molecule has 0 amide bonds. The van der Waals surface area contributed by atoms with Crippen molar-refractivity contribution in [1.29, 1.82) is 0 Å². The van der Waals surface area contributed by atoms with Crippen molar-refractivity contribution in [2.75, 3.05) is 0 Å². The van der Waals surface area contributed by atoms with E-state index in [4.69, 9.17) is 31.9 Å². The minimum absolute atomic E-state index is 0.0647. The van der Waals surface area contributed by atoms with Gasteiger partial charge < -0.3 is 31.9 Å². The number of carboxylic acid groups (broad SMARTS) is 4. The summed E-state index contributed by atoms with van der Waals surface area (Å²) in [5.41, 5.74) is 11.8.